The summed E-state index contributed by atoms with van der Waals surface area (Å²) in [5, 5.41) is 2.81. The van der Waals surface area contributed by atoms with Gasteiger partial charge in [-0.15, -0.1) is 0 Å². The topological polar surface area (TPSA) is 51.5 Å². The van der Waals surface area contributed by atoms with Crippen molar-refractivity contribution in [3.8, 4) is 5.75 Å². The van der Waals surface area contributed by atoms with Crippen LogP contribution >= 0.6 is 0 Å². The van der Waals surface area contributed by atoms with E-state index in [2.05, 4.69) is 5.32 Å². The molecule has 1 amide bonds. The highest BCUT2D eigenvalue weighted by molar-refractivity contribution is 5.97. The van der Waals surface area contributed by atoms with Gasteiger partial charge in [-0.05, 0) is 49.2 Å². The van der Waals surface area contributed by atoms with Crippen molar-refractivity contribution in [1.29, 1.82) is 0 Å². The number of aryl methyl sites for hydroxylation is 2. The van der Waals surface area contributed by atoms with Crippen LogP contribution in [0.5, 0.6) is 5.75 Å². The van der Waals surface area contributed by atoms with Crippen LogP contribution in [0, 0.1) is 13.8 Å². The summed E-state index contributed by atoms with van der Waals surface area (Å²) >= 11 is 0. The molecule has 0 saturated carbocycles. The van der Waals surface area contributed by atoms with Crippen LogP contribution in [0.2, 0.25) is 0 Å². The molecule has 0 fully saturated rings. The van der Waals surface area contributed by atoms with Crippen molar-refractivity contribution < 1.29 is 13.9 Å². The summed E-state index contributed by atoms with van der Waals surface area (Å²) in [5.41, 5.74) is 2.69. The first-order chi connectivity index (χ1) is 9.11. The van der Waals surface area contributed by atoms with E-state index in [1.807, 2.05) is 32.0 Å². The Hall–Kier alpha value is -2.23. The first kappa shape index (κ1) is 13.2. The minimum atomic E-state index is -0.170. The van der Waals surface area contributed by atoms with Crippen LogP contribution in [0.15, 0.2) is 34.9 Å². The predicted octanol–water partition coefficient (Wildman–Crippen LogP) is 2.84. The van der Waals surface area contributed by atoms with Crippen LogP contribution in [-0.4, -0.2) is 13.0 Å². The lowest BCUT2D eigenvalue weighted by Gasteiger charge is -2.11. The fourth-order valence-corrected chi connectivity index (χ4v) is 1.81. The molecule has 4 heteroatoms. The molecule has 19 heavy (non-hydrogen) atoms. The molecule has 0 unspecified atom stereocenters. The van der Waals surface area contributed by atoms with Gasteiger partial charge in [-0.1, -0.05) is 0 Å². The predicted molar refractivity (Wildman–Crippen MR) is 72.3 cm³/mol. The molecule has 1 aromatic carbocycles. The molecular formula is C15H17NO3. The minimum absolute atomic E-state index is 0.170. The molecule has 1 heterocycles. The molecule has 0 radical (unpaired) electrons. The second-order valence-corrected chi connectivity index (χ2v) is 4.40. The van der Waals surface area contributed by atoms with Crippen LogP contribution in [0.1, 0.15) is 27.2 Å². The highest BCUT2D eigenvalue weighted by Crippen LogP contribution is 2.23. The summed E-state index contributed by atoms with van der Waals surface area (Å²) in [7, 11) is 1.56. The third-order valence-corrected chi connectivity index (χ3v) is 3.06. The van der Waals surface area contributed by atoms with Gasteiger partial charge in [-0.2, -0.15) is 0 Å². The van der Waals surface area contributed by atoms with Gasteiger partial charge in [0, 0.05) is 0 Å². The quantitative estimate of drug-likeness (QED) is 0.918. The van der Waals surface area contributed by atoms with Gasteiger partial charge in [0.2, 0.25) is 0 Å². The lowest BCUT2D eigenvalue weighted by molar-refractivity contribution is 0.0945. The van der Waals surface area contributed by atoms with E-state index in [1.54, 1.807) is 19.4 Å². The van der Waals surface area contributed by atoms with Gasteiger partial charge in [-0.3, -0.25) is 4.79 Å². The van der Waals surface area contributed by atoms with E-state index in [-0.39, 0.29) is 5.91 Å². The molecule has 2 rings (SSSR count). The van der Waals surface area contributed by atoms with Gasteiger partial charge in [-0.25, -0.2) is 0 Å². The summed E-state index contributed by atoms with van der Waals surface area (Å²) in [4.78, 5) is 12.2. The fourth-order valence-electron chi connectivity index (χ4n) is 1.81. The zero-order valence-electron chi connectivity index (χ0n) is 11.3. The molecule has 0 atom stereocenters. The number of benzene rings is 1. The zero-order chi connectivity index (χ0) is 13.8. The van der Waals surface area contributed by atoms with Crippen molar-refractivity contribution in [1.82, 2.24) is 5.32 Å². The molecule has 1 N–H and O–H groups in total. The first-order valence-electron chi connectivity index (χ1n) is 6.07. The molecule has 0 spiro atoms. The number of ether oxygens (including phenoxy) is 1. The Labute approximate surface area is 112 Å². The molecule has 2 aromatic rings. The number of hydrogen-bond acceptors (Lipinski definition) is 3. The maximum Gasteiger partial charge on any atom is 0.255 e. The van der Waals surface area contributed by atoms with E-state index >= 15 is 0 Å². The molecule has 4 nitrogen and oxygen atoms in total. The van der Waals surface area contributed by atoms with E-state index in [9.17, 15) is 4.79 Å². The van der Waals surface area contributed by atoms with Crippen molar-refractivity contribution in [2.45, 2.75) is 20.4 Å². The van der Waals surface area contributed by atoms with Crippen LogP contribution in [0.4, 0.5) is 0 Å². The second kappa shape index (κ2) is 5.61. The highest BCUT2D eigenvalue weighted by Gasteiger charge is 2.14. The van der Waals surface area contributed by atoms with Gasteiger partial charge >= 0.3 is 0 Å². The number of hydrogen-bond donors (Lipinski definition) is 1. The smallest absolute Gasteiger partial charge is 0.255 e. The van der Waals surface area contributed by atoms with Gasteiger partial charge in [0.15, 0.2) is 0 Å². The number of furan rings is 1. The third kappa shape index (κ3) is 2.96. The van der Waals surface area contributed by atoms with E-state index in [0.717, 1.165) is 16.9 Å². The zero-order valence-corrected chi connectivity index (χ0v) is 11.3. The molecule has 1 aromatic heterocycles. The molecule has 0 saturated heterocycles. The Morgan fingerprint density at radius 3 is 2.68 bits per heavy atom. The van der Waals surface area contributed by atoms with Crippen LogP contribution < -0.4 is 10.1 Å². The Morgan fingerprint density at radius 1 is 1.32 bits per heavy atom. The molecule has 0 bridgehead atoms. The fraction of sp³-hybridized carbons (Fsp3) is 0.267. The second-order valence-electron chi connectivity index (χ2n) is 4.40. The minimum Gasteiger partial charge on any atom is -0.496 e. The van der Waals surface area contributed by atoms with Crippen molar-refractivity contribution >= 4 is 5.91 Å². The third-order valence-electron chi connectivity index (χ3n) is 3.06. The molecule has 0 aliphatic heterocycles. The van der Waals surface area contributed by atoms with Crippen molar-refractivity contribution in [2.75, 3.05) is 7.11 Å². The van der Waals surface area contributed by atoms with Gasteiger partial charge in [0.05, 0.1) is 25.5 Å². The summed E-state index contributed by atoms with van der Waals surface area (Å²) in [5.74, 6) is 1.13. The van der Waals surface area contributed by atoms with E-state index in [4.69, 9.17) is 9.15 Å². The molecule has 100 valence electrons. The maximum atomic E-state index is 12.2. The maximum absolute atomic E-state index is 12.2. The number of nitrogens with one attached hydrogen (secondary N) is 1. The van der Waals surface area contributed by atoms with Gasteiger partial charge in [0.25, 0.3) is 5.91 Å². The van der Waals surface area contributed by atoms with Gasteiger partial charge in [0.1, 0.15) is 11.5 Å². The summed E-state index contributed by atoms with van der Waals surface area (Å²) in [6, 6.07) is 7.32. The number of carbonyl (C=O) groups is 1. The number of rotatable bonds is 4. The lowest BCUT2D eigenvalue weighted by Crippen LogP contribution is -2.23. The summed E-state index contributed by atoms with van der Waals surface area (Å²) < 4.78 is 10.4. The average molecular weight is 259 g/mol. The highest BCUT2D eigenvalue weighted by atomic mass is 16.5. The van der Waals surface area contributed by atoms with Crippen molar-refractivity contribution in [3.63, 3.8) is 0 Å². The Kier molecular flexibility index (Phi) is 3.90. The number of carbonyl (C=O) groups excluding carboxylic acids is 1. The molecule has 0 aliphatic carbocycles. The SMILES string of the molecule is COc1cc(C)c(C)cc1C(=O)NCc1ccco1. The van der Waals surface area contributed by atoms with Crippen LogP contribution in [-0.2, 0) is 6.54 Å². The van der Waals surface area contributed by atoms with Crippen molar-refractivity contribution in [2.24, 2.45) is 0 Å². The number of methoxy groups -OCH3 is 1. The largest absolute Gasteiger partial charge is 0.496 e. The standard InChI is InChI=1S/C15H17NO3/c1-10-7-13(14(18-3)8-11(10)2)15(17)16-9-12-5-4-6-19-12/h4-8H,9H2,1-3H3,(H,16,17). The lowest BCUT2D eigenvalue weighted by atomic mass is 10.0. The average Bonchev–Trinajstić information content (AvgIpc) is 2.91. The van der Waals surface area contributed by atoms with Gasteiger partial charge < -0.3 is 14.5 Å². The normalized spacial score (nSPS) is 10.3. The van der Waals surface area contributed by atoms with Crippen molar-refractivity contribution in [3.05, 3.63) is 53.0 Å². The summed E-state index contributed by atoms with van der Waals surface area (Å²) in [6.45, 7) is 4.32. The first-order valence-corrected chi connectivity index (χ1v) is 6.07. The Bertz CT molecular complexity index is 573. The van der Waals surface area contributed by atoms with Crippen LogP contribution in [0.3, 0.4) is 0 Å². The monoisotopic (exact) mass is 259 g/mol. The Balaban J connectivity index is 2.16. The van der Waals surface area contributed by atoms with Crippen LogP contribution in [0.25, 0.3) is 0 Å². The molecule has 0 aliphatic rings. The van der Waals surface area contributed by atoms with E-state index in [1.165, 1.54) is 0 Å². The van der Waals surface area contributed by atoms with E-state index < -0.39 is 0 Å². The summed E-state index contributed by atoms with van der Waals surface area (Å²) in [6.07, 6.45) is 1.58. The van der Waals surface area contributed by atoms with E-state index in [0.29, 0.717) is 17.9 Å². The Morgan fingerprint density at radius 2 is 2.05 bits per heavy atom. The molecular weight excluding hydrogens is 242 g/mol. The number of amides is 1.